The highest BCUT2D eigenvalue weighted by atomic mass is 16.5. The molecule has 1 aromatic rings. The van der Waals surface area contributed by atoms with Crippen LogP contribution in [0.3, 0.4) is 0 Å². The molecule has 1 aliphatic heterocycles. The summed E-state index contributed by atoms with van der Waals surface area (Å²) >= 11 is 0. The highest BCUT2D eigenvalue weighted by molar-refractivity contribution is 5.79. The lowest BCUT2D eigenvalue weighted by Gasteiger charge is -2.22. The van der Waals surface area contributed by atoms with Crippen molar-refractivity contribution in [3.8, 4) is 5.75 Å². The maximum absolute atomic E-state index is 5.20. The van der Waals surface area contributed by atoms with Crippen molar-refractivity contribution in [2.45, 2.75) is 32.2 Å². The number of likely N-dealkylation sites (tertiary alicyclic amines) is 1. The normalized spacial score (nSPS) is 15.5. The van der Waals surface area contributed by atoms with Gasteiger partial charge < -0.3 is 19.9 Å². The van der Waals surface area contributed by atoms with Gasteiger partial charge in [0.15, 0.2) is 5.96 Å². The van der Waals surface area contributed by atoms with Crippen molar-refractivity contribution in [2.24, 2.45) is 4.99 Å². The molecule has 5 heteroatoms. The highest BCUT2D eigenvalue weighted by Gasteiger charge is 2.10. The van der Waals surface area contributed by atoms with E-state index in [0.29, 0.717) is 0 Å². The van der Waals surface area contributed by atoms with Crippen LogP contribution in [0, 0.1) is 0 Å². The third-order valence-electron chi connectivity index (χ3n) is 4.54. The minimum absolute atomic E-state index is 0.831. The zero-order valence-electron chi connectivity index (χ0n) is 15.4. The fourth-order valence-electron chi connectivity index (χ4n) is 3.13. The zero-order valence-corrected chi connectivity index (χ0v) is 15.4. The van der Waals surface area contributed by atoms with Crippen molar-refractivity contribution in [1.29, 1.82) is 0 Å². The molecule has 24 heavy (non-hydrogen) atoms. The topological polar surface area (TPSA) is 40.1 Å². The first-order valence-corrected chi connectivity index (χ1v) is 9.00. The summed E-state index contributed by atoms with van der Waals surface area (Å²) in [6, 6.07) is 8.19. The van der Waals surface area contributed by atoms with E-state index >= 15 is 0 Å². The van der Waals surface area contributed by atoms with Crippen LogP contribution in [0.25, 0.3) is 0 Å². The smallest absolute Gasteiger partial charge is 0.193 e. The van der Waals surface area contributed by atoms with Crippen LogP contribution in [0.2, 0.25) is 0 Å². The number of benzene rings is 1. The highest BCUT2D eigenvalue weighted by Crippen LogP contribution is 2.12. The van der Waals surface area contributed by atoms with Gasteiger partial charge in [-0.2, -0.15) is 0 Å². The van der Waals surface area contributed by atoms with Crippen molar-refractivity contribution in [1.82, 2.24) is 15.1 Å². The van der Waals surface area contributed by atoms with Crippen molar-refractivity contribution < 1.29 is 4.74 Å². The maximum Gasteiger partial charge on any atom is 0.193 e. The molecule has 1 saturated heterocycles. The van der Waals surface area contributed by atoms with Crippen molar-refractivity contribution in [3.05, 3.63) is 29.8 Å². The maximum atomic E-state index is 5.20. The van der Waals surface area contributed by atoms with Crippen LogP contribution < -0.4 is 10.1 Å². The third kappa shape index (κ3) is 6.04. The quantitative estimate of drug-likeness (QED) is 0.451. The predicted molar refractivity (Wildman–Crippen MR) is 101 cm³/mol. The van der Waals surface area contributed by atoms with E-state index in [4.69, 9.17) is 4.74 Å². The van der Waals surface area contributed by atoms with Crippen LogP contribution in [0.4, 0.5) is 0 Å². The van der Waals surface area contributed by atoms with E-state index in [1.807, 2.05) is 19.2 Å². The first-order valence-electron chi connectivity index (χ1n) is 9.00. The molecule has 5 nitrogen and oxygen atoms in total. The summed E-state index contributed by atoms with van der Waals surface area (Å²) in [5.74, 6) is 1.84. The lowest BCUT2D eigenvalue weighted by atomic mass is 10.2. The Bertz CT molecular complexity index is 495. The van der Waals surface area contributed by atoms with Gasteiger partial charge in [-0.15, -0.1) is 0 Å². The first kappa shape index (κ1) is 18.6. The molecule has 134 valence electrons. The fraction of sp³-hybridized carbons (Fsp3) is 0.632. The first-order chi connectivity index (χ1) is 11.7. The molecular formula is C19H32N4O. The molecule has 0 aliphatic carbocycles. The molecule has 0 spiro atoms. The Balaban J connectivity index is 1.67. The van der Waals surface area contributed by atoms with E-state index < -0.39 is 0 Å². The van der Waals surface area contributed by atoms with Gasteiger partial charge >= 0.3 is 0 Å². The average molecular weight is 332 g/mol. The molecule has 0 amide bonds. The number of nitrogens with zero attached hydrogens (tertiary/aromatic N) is 3. The van der Waals surface area contributed by atoms with Gasteiger partial charge in [-0.05, 0) is 63.0 Å². The van der Waals surface area contributed by atoms with Gasteiger partial charge in [0.1, 0.15) is 5.75 Å². The Hall–Kier alpha value is -1.75. The number of hydrogen-bond acceptors (Lipinski definition) is 3. The van der Waals surface area contributed by atoms with Gasteiger partial charge in [-0.1, -0.05) is 12.1 Å². The van der Waals surface area contributed by atoms with E-state index in [1.165, 1.54) is 50.9 Å². The number of guanidine groups is 1. The molecule has 1 fully saturated rings. The Labute approximate surface area is 146 Å². The number of rotatable bonds is 8. The Morgan fingerprint density at radius 3 is 2.54 bits per heavy atom. The number of hydrogen-bond donors (Lipinski definition) is 1. The summed E-state index contributed by atoms with van der Waals surface area (Å²) in [5.41, 5.74) is 1.25. The summed E-state index contributed by atoms with van der Waals surface area (Å²) in [5, 5.41) is 3.47. The predicted octanol–water partition coefficient (Wildman–Crippen LogP) is 2.58. The molecule has 1 aliphatic rings. The van der Waals surface area contributed by atoms with Crippen LogP contribution in [0.1, 0.15) is 31.2 Å². The molecule has 2 rings (SSSR count). The second kappa shape index (κ2) is 10.2. The standard InChI is InChI=1S/C19H32N4O/c1-20-19(21-12-4-5-13-23-14-6-7-15-23)22(2)16-17-8-10-18(24-3)11-9-17/h8-11H,4-7,12-16H2,1-3H3,(H,20,21). The average Bonchev–Trinajstić information content (AvgIpc) is 3.12. The summed E-state index contributed by atoms with van der Waals surface area (Å²) in [4.78, 5) is 9.12. The SMILES string of the molecule is CN=C(NCCCCN1CCCC1)N(C)Cc1ccc(OC)cc1. The minimum atomic E-state index is 0.831. The van der Waals surface area contributed by atoms with Gasteiger partial charge in [0.2, 0.25) is 0 Å². The monoisotopic (exact) mass is 332 g/mol. The van der Waals surface area contributed by atoms with E-state index in [1.54, 1.807) is 7.11 Å². The summed E-state index contributed by atoms with van der Waals surface area (Å²) in [6.45, 7) is 5.63. The molecular weight excluding hydrogens is 300 g/mol. The summed E-state index contributed by atoms with van der Waals surface area (Å²) in [7, 11) is 5.61. The van der Waals surface area contributed by atoms with Crippen LogP contribution in [0.5, 0.6) is 5.75 Å². The lowest BCUT2D eigenvalue weighted by Crippen LogP contribution is -2.39. The van der Waals surface area contributed by atoms with Crippen molar-refractivity contribution >= 4 is 5.96 Å². The van der Waals surface area contributed by atoms with Gasteiger partial charge in [-0.25, -0.2) is 0 Å². The zero-order chi connectivity index (χ0) is 17.2. The minimum Gasteiger partial charge on any atom is -0.497 e. The molecule has 0 saturated carbocycles. The van der Waals surface area contributed by atoms with Crippen LogP contribution in [-0.4, -0.2) is 63.1 Å². The molecule has 0 radical (unpaired) electrons. The summed E-state index contributed by atoms with van der Waals surface area (Å²) < 4.78 is 5.20. The third-order valence-corrected chi connectivity index (χ3v) is 4.54. The van der Waals surface area contributed by atoms with Gasteiger partial charge in [0.05, 0.1) is 7.11 Å². The second-order valence-corrected chi connectivity index (χ2v) is 6.43. The molecule has 1 N–H and O–H groups in total. The number of aliphatic imine (C=N–C) groups is 1. The molecule has 0 unspecified atom stereocenters. The number of unbranched alkanes of at least 4 members (excludes halogenated alkanes) is 1. The molecule has 1 aromatic carbocycles. The summed E-state index contributed by atoms with van der Waals surface area (Å²) in [6.07, 6.45) is 5.19. The number of ether oxygens (including phenoxy) is 1. The lowest BCUT2D eigenvalue weighted by molar-refractivity contribution is 0.330. The Morgan fingerprint density at radius 2 is 1.92 bits per heavy atom. The Kier molecular flexibility index (Phi) is 7.89. The van der Waals surface area contributed by atoms with Gasteiger partial charge in [0.25, 0.3) is 0 Å². The van der Waals surface area contributed by atoms with Crippen LogP contribution in [-0.2, 0) is 6.54 Å². The van der Waals surface area contributed by atoms with E-state index in [9.17, 15) is 0 Å². The van der Waals surface area contributed by atoms with E-state index in [-0.39, 0.29) is 0 Å². The molecule has 0 aromatic heterocycles. The Morgan fingerprint density at radius 1 is 1.21 bits per heavy atom. The van der Waals surface area contributed by atoms with Crippen LogP contribution in [0.15, 0.2) is 29.3 Å². The van der Waals surface area contributed by atoms with Gasteiger partial charge in [0, 0.05) is 27.2 Å². The largest absolute Gasteiger partial charge is 0.497 e. The van der Waals surface area contributed by atoms with E-state index in [0.717, 1.165) is 24.8 Å². The van der Waals surface area contributed by atoms with Crippen molar-refractivity contribution in [2.75, 3.05) is 47.4 Å². The van der Waals surface area contributed by atoms with E-state index in [2.05, 4.69) is 39.3 Å². The van der Waals surface area contributed by atoms with Crippen LogP contribution >= 0.6 is 0 Å². The van der Waals surface area contributed by atoms with Crippen molar-refractivity contribution in [3.63, 3.8) is 0 Å². The number of methoxy groups -OCH3 is 1. The molecule has 0 bridgehead atoms. The molecule has 1 heterocycles. The fourth-order valence-corrected chi connectivity index (χ4v) is 3.13. The molecule has 0 atom stereocenters. The number of nitrogens with one attached hydrogen (secondary N) is 1. The van der Waals surface area contributed by atoms with Gasteiger partial charge in [-0.3, -0.25) is 4.99 Å². The second-order valence-electron chi connectivity index (χ2n) is 6.43.